The summed E-state index contributed by atoms with van der Waals surface area (Å²) in [5.41, 5.74) is 4.20. The number of methoxy groups -OCH3 is 1. The van der Waals surface area contributed by atoms with Crippen molar-refractivity contribution in [1.82, 2.24) is 5.32 Å². The van der Waals surface area contributed by atoms with Gasteiger partial charge < -0.3 is 10.1 Å². The van der Waals surface area contributed by atoms with Gasteiger partial charge in [0.2, 0.25) is 5.91 Å². The van der Waals surface area contributed by atoms with Gasteiger partial charge in [0.1, 0.15) is 12.3 Å². The fourth-order valence-corrected chi connectivity index (χ4v) is 4.68. The minimum atomic E-state index is -3.94. The van der Waals surface area contributed by atoms with Crippen LogP contribution in [0.3, 0.4) is 0 Å². The standard InChI is InChI=1S/C25H28N2O4S/c1-18-9-13-23(14-10-18)32(29,30)27(22-12-11-19(2)20(3)15-22)17-25(28)26-16-21-7-5-6-8-24(21)31-4/h5-15H,16-17H2,1-4H3,(H,26,28). The molecular formula is C25H28N2O4S. The van der Waals surface area contributed by atoms with Crippen molar-refractivity contribution < 1.29 is 17.9 Å². The van der Waals surface area contributed by atoms with Crippen molar-refractivity contribution in [3.8, 4) is 5.75 Å². The quantitative estimate of drug-likeness (QED) is 0.558. The van der Waals surface area contributed by atoms with Gasteiger partial charge in [-0.1, -0.05) is 42.0 Å². The lowest BCUT2D eigenvalue weighted by Crippen LogP contribution is -2.40. The monoisotopic (exact) mass is 452 g/mol. The van der Waals surface area contributed by atoms with E-state index in [1.165, 1.54) is 0 Å². The molecular weight excluding hydrogens is 424 g/mol. The number of ether oxygens (including phenoxy) is 1. The lowest BCUT2D eigenvalue weighted by Gasteiger charge is -2.25. The molecule has 3 aromatic carbocycles. The SMILES string of the molecule is COc1ccccc1CNC(=O)CN(c1ccc(C)c(C)c1)S(=O)(=O)c1ccc(C)cc1. The number of sulfonamides is 1. The Hall–Kier alpha value is -3.32. The normalized spacial score (nSPS) is 11.1. The summed E-state index contributed by atoms with van der Waals surface area (Å²) in [4.78, 5) is 13.0. The number of benzene rings is 3. The third-order valence-electron chi connectivity index (χ3n) is 5.34. The van der Waals surface area contributed by atoms with E-state index in [4.69, 9.17) is 4.74 Å². The Labute approximate surface area is 189 Å². The predicted octanol–water partition coefficient (Wildman–Crippen LogP) is 4.13. The van der Waals surface area contributed by atoms with Crippen LogP contribution in [-0.2, 0) is 21.4 Å². The minimum absolute atomic E-state index is 0.138. The third-order valence-corrected chi connectivity index (χ3v) is 7.13. The second-order valence-corrected chi connectivity index (χ2v) is 9.54. The number of anilines is 1. The largest absolute Gasteiger partial charge is 0.496 e. The maximum absolute atomic E-state index is 13.5. The van der Waals surface area contributed by atoms with E-state index in [9.17, 15) is 13.2 Å². The molecule has 0 saturated heterocycles. The second-order valence-electron chi connectivity index (χ2n) is 7.68. The Kier molecular flexibility index (Phi) is 7.20. The molecule has 0 radical (unpaired) electrons. The highest BCUT2D eigenvalue weighted by Gasteiger charge is 2.27. The first-order valence-corrected chi connectivity index (χ1v) is 11.7. The molecule has 32 heavy (non-hydrogen) atoms. The van der Waals surface area contributed by atoms with E-state index in [1.54, 1.807) is 43.5 Å². The zero-order chi connectivity index (χ0) is 23.3. The van der Waals surface area contributed by atoms with E-state index in [-0.39, 0.29) is 18.0 Å². The van der Waals surface area contributed by atoms with Crippen LogP contribution in [0.5, 0.6) is 5.75 Å². The number of rotatable bonds is 8. The number of nitrogens with one attached hydrogen (secondary N) is 1. The van der Waals surface area contributed by atoms with Gasteiger partial charge >= 0.3 is 0 Å². The molecule has 0 bridgehead atoms. The van der Waals surface area contributed by atoms with Crippen LogP contribution < -0.4 is 14.4 Å². The zero-order valence-electron chi connectivity index (χ0n) is 18.8. The highest BCUT2D eigenvalue weighted by Crippen LogP contribution is 2.26. The van der Waals surface area contributed by atoms with Crippen LogP contribution in [0, 0.1) is 20.8 Å². The van der Waals surface area contributed by atoms with Gasteiger partial charge in [-0.25, -0.2) is 8.42 Å². The number of carbonyl (C=O) groups is 1. The van der Waals surface area contributed by atoms with Crippen LogP contribution in [0.15, 0.2) is 71.6 Å². The first-order chi connectivity index (χ1) is 15.2. The van der Waals surface area contributed by atoms with Crippen molar-refractivity contribution in [1.29, 1.82) is 0 Å². The molecule has 6 nitrogen and oxygen atoms in total. The molecule has 0 saturated carbocycles. The van der Waals surface area contributed by atoms with Gasteiger partial charge in [0.05, 0.1) is 17.7 Å². The van der Waals surface area contributed by atoms with E-state index in [1.807, 2.05) is 51.1 Å². The minimum Gasteiger partial charge on any atom is -0.496 e. The summed E-state index contributed by atoms with van der Waals surface area (Å²) < 4.78 is 33.4. The Balaban J connectivity index is 1.89. The first kappa shape index (κ1) is 23.3. The molecule has 0 fully saturated rings. The Morgan fingerprint density at radius 1 is 0.938 bits per heavy atom. The van der Waals surface area contributed by atoms with Crippen LogP contribution in [-0.4, -0.2) is 28.0 Å². The number of nitrogens with zero attached hydrogens (tertiary/aromatic N) is 1. The van der Waals surface area contributed by atoms with Gasteiger partial charge in [-0.05, 0) is 62.2 Å². The van der Waals surface area contributed by atoms with Crippen LogP contribution >= 0.6 is 0 Å². The van der Waals surface area contributed by atoms with Crippen molar-refractivity contribution in [2.75, 3.05) is 18.0 Å². The van der Waals surface area contributed by atoms with E-state index in [0.29, 0.717) is 11.4 Å². The smallest absolute Gasteiger partial charge is 0.264 e. The molecule has 168 valence electrons. The molecule has 0 unspecified atom stereocenters. The number of aryl methyl sites for hydroxylation is 3. The lowest BCUT2D eigenvalue weighted by molar-refractivity contribution is -0.119. The van der Waals surface area contributed by atoms with Crippen molar-refractivity contribution in [2.24, 2.45) is 0 Å². The Bertz CT molecular complexity index is 1200. The number of carbonyl (C=O) groups excluding carboxylic acids is 1. The van der Waals surface area contributed by atoms with Crippen molar-refractivity contribution in [2.45, 2.75) is 32.2 Å². The molecule has 0 aliphatic carbocycles. The summed E-state index contributed by atoms with van der Waals surface area (Å²) in [7, 11) is -2.38. The number of hydrogen-bond acceptors (Lipinski definition) is 4. The molecule has 0 aliphatic rings. The van der Waals surface area contributed by atoms with Gasteiger partial charge in [0, 0.05) is 12.1 Å². The van der Waals surface area contributed by atoms with Gasteiger partial charge in [0.15, 0.2) is 0 Å². The van der Waals surface area contributed by atoms with Crippen molar-refractivity contribution >= 4 is 21.6 Å². The predicted molar refractivity (Wildman–Crippen MR) is 126 cm³/mol. The molecule has 0 spiro atoms. The molecule has 3 rings (SSSR count). The maximum atomic E-state index is 13.5. The first-order valence-electron chi connectivity index (χ1n) is 10.3. The summed E-state index contributed by atoms with van der Waals surface area (Å²) in [6.45, 7) is 5.65. The summed E-state index contributed by atoms with van der Waals surface area (Å²) in [5, 5.41) is 2.81. The topological polar surface area (TPSA) is 75.7 Å². The van der Waals surface area contributed by atoms with Crippen LogP contribution in [0.2, 0.25) is 0 Å². The highest BCUT2D eigenvalue weighted by atomic mass is 32.2. The van der Waals surface area contributed by atoms with Gasteiger partial charge in [-0.15, -0.1) is 0 Å². The zero-order valence-corrected chi connectivity index (χ0v) is 19.6. The summed E-state index contributed by atoms with van der Waals surface area (Å²) in [5.74, 6) is 0.246. The summed E-state index contributed by atoms with van der Waals surface area (Å²) in [6, 6.07) is 19.3. The molecule has 0 heterocycles. The molecule has 3 aromatic rings. The van der Waals surface area contributed by atoms with Gasteiger partial charge in [0.25, 0.3) is 10.0 Å². The maximum Gasteiger partial charge on any atom is 0.264 e. The molecule has 0 atom stereocenters. The molecule has 1 N–H and O–H groups in total. The third kappa shape index (κ3) is 5.29. The number of hydrogen-bond donors (Lipinski definition) is 1. The van der Waals surface area contributed by atoms with Crippen molar-refractivity contribution in [3.05, 3.63) is 89.0 Å². The number of para-hydroxylation sites is 1. The van der Waals surface area contributed by atoms with E-state index >= 15 is 0 Å². The highest BCUT2D eigenvalue weighted by molar-refractivity contribution is 7.92. The summed E-state index contributed by atoms with van der Waals surface area (Å²) in [6.07, 6.45) is 0. The van der Waals surface area contributed by atoms with Gasteiger partial charge in [-0.2, -0.15) is 0 Å². The number of amides is 1. The second kappa shape index (κ2) is 9.87. The fraction of sp³-hybridized carbons (Fsp3) is 0.240. The average molecular weight is 453 g/mol. The van der Waals surface area contributed by atoms with Crippen LogP contribution in [0.4, 0.5) is 5.69 Å². The van der Waals surface area contributed by atoms with E-state index in [0.717, 1.165) is 26.6 Å². The lowest BCUT2D eigenvalue weighted by atomic mass is 10.1. The average Bonchev–Trinajstić information content (AvgIpc) is 2.78. The molecule has 1 amide bonds. The molecule has 0 aliphatic heterocycles. The Morgan fingerprint density at radius 2 is 1.62 bits per heavy atom. The molecule has 7 heteroatoms. The van der Waals surface area contributed by atoms with E-state index in [2.05, 4.69) is 5.32 Å². The fourth-order valence-electron chi connectivity index (χ4n) is 3.26. The van der Waals surface area contributed by atoms with Crippen molar-refractivity contribution in [3.63, 3.8) is 0 Å². The van der Waals surface area contributed by atoms with Crippen LogP contribution in [0.25, 0.3) is 0 Å². The Morgan fingerprint density at radius 3 is 2.28 bits per heavy atom. The molecule has 0 aromatic heterocycles. The van der Waals surface area contributed by atoms with Gasteiger partial charge in [-0.3, -0.25) is 9.10 Å². The summed E-state index contributed by atoms with van der Waals surface area (Å²) >= 11 is 0. The van der Waals surface area contributed by atoms with E-state index < -0.39 is 15.9 Å². The van der Waals surface area contributed by atoms with Crippen LogP contribution in [0.1, 0.15) is 22.3 Å².